The summed E-state index contributed by atoms with van der Waals surface area (Å²) in [6, 6.07) is 9.53. The van der Waals surface area contributed by atoms with Crippen LogP contribution in [0.4, 0.5) is 0 Å². The van der Waals surface area contributed by atoms with Gasteiger partial charge in [-0.05, 0) is 53.7 Å². The number of hydrogen-bond donors (Lipinski definition) is 0. The van der Waals surface area contributed by atoms with E-state index in [0.717, 1.165) is 16.7 Å². The van der Waals surface area contributed by atoms with E-state index in [2.05, 4.69) is 41.5 Å². The molecule has 0 aliphatic heterocycles. The van der Waals surface area contributed by atoms with Gasteiger partial charge >= 0.3 is 5.97 Å². The van der Waals surface area contributed by atoms with Crippen molar-refractivity contribution in [1.82, 2.24) is 0 Å². The van der Waals surface area contributed by atoms with Crippen LogP contribution in [-0.2, 0) is 19.7 Å². The lowest BCUT2D eigenvalue weighted by molar-refractivity contribution is -0.166. The standard InChI is InChI=1S/C28H41ClO3/c1-23(2,3)19-20(24(4,5)6)28(29,25(7,8)9)27(19,18-16-14-13-15-17-18)21(30)22(31)32-26(10,11)12/h13-17H,1-12H3. The first kappa shape index (κ1) is 26.6. The van der Waals surface area contributed by atoms with Crippen LogP contribution in [0.15, 0.2) is 41.5 Å². The molecule has 0 N–H and O–H groups in total. The minimum atomic E-state index is -1.34. The van der Waals surface area contributed by atoms with Crippen LogP contribution in [0, 0.1) is 16.2 Å². The molecule has 2 atom stereocenters. The van der Waals surface area contributed by atoms with E-state index in [1.807, 2.05) is 51.1 Å². The summed E-state index contributed by atoms with van der Waals surface area (Å²) in [6.45, 7) is 24.1. The van der Waals surface area contributed by atoms with Crippen molar-refractivity contribution in [3.63, 3.8) is 0 Å². The minimum Gasteiger partial charge on any atom is -0.454 e. The number of carbonyl (C=O) groups excluding carboxylic acids is 2. The average molecular weight is 461 g/mol. The van der Waals surface area contributed by atoms with E-state index in [9.17, 15) is 9.59 Å². The van der Waals surface area contributed by atoms with Gasteiger partial charge in [0.1, 0.15) is 11.0 Å². The number of benzene rings is 1. The Kier molecular flexibility index (Phi) is 6.43. The summed E-state index contributed by atoms with van der Waals surface area (Å²) in [4.78, 5) is 26.6. The fourth-order valence-corrected chi connectivity index (χ4v) is 6.00. The van der Waals surface area contributed by atoms with Crippen molar-refractivity contribution in [2.75, 3.05) is 0 Å². The lowest BCUT2D eigenvalue weighted by Crippen LogP contribution is -2.73. The third kappa shape index (κ3) is 3.95. The van der Waals surface area contributed by atoms with E-state index in [4.69, 9.17) is 16.3 Å². The van der Waals surface area contributed by atoms with E-state index in [-0.39, 0.29) is 5.41 Å². The number of ketones is 1. The fraction of sp³-hybridized carbons (Fsp3) is 0.643. The molecule has 178 valence electrons. The van der Waals surface area contributed by atoms with E-state index in [0.29, 0.717) is 0 Å². The lowest BCUT2D eigenvalue weighted by Gasteiger charge is -2.67. The molecule has 2 unspecified atom stereocenters. The van der Waals surface area contributed by atoms with Gasteiger partial charge in [0.25, 0.3) is 5.78 Å². The smallest absolute Gasteiger partial charge is 0.376 e. The van der Waals surface area contributed by atoms with Crippen LogP contribution < -0.4 is 0 Å². The number of hydrogen-bond acceptors (Lipinski definition) is 3. The van der Waals surface area contributed by atoms with Crippen molar-refractivity contribution >= 4 is 23.4 Å². The summed E-state index contributed by atoms with van der Waals surface area (Å²) < 4.78 is 5.62. The molecular weight excluding hydrogens is 420 g/mol. The third-order valence-corrected chi connectivity index (χ3v) is 7.19. The number of Topliss-reactive ketones (excluding diaryl/α,β-unsaturated/α-hetero) is 1. The highest BCUT2D eigenvalue weighted by atomic mass is 35.5. The minimum absolute atomic E-state index is 0.301. The van der Waals surface area contributed by atoms with E-state index in [1.54, 1.807) is 20.8 Å². The summed E-state index contributed by atoms with van der Waals surface area (Å²) >= 11 is 7.72. The van der Waals surface area contributed by atoms with Gasteiger partial charge in [0.2, 0.25) is 0 Å². The Morgan fingerprint density at radius 2 is 1.19 bits per heavy atom. The quantitative estimate of drug-likeness (QED) is 0.206. The van der Waals surface area contributed by atoms with Gasteiger partial charge in [0, 0.05) is 0 Å². The van der Waals surface area contributed by atoms with Crippen LogP contribution in [0.3, 0.4) is 0 Å². The van der Waals surface area contributed by atoms with Crippen molar-refractivity contribution in [2.24, 2.45) is 16.2 Å². The second-order valence-corrected chi connectivity index (χ2v) is 13.7. The maximum absolute atomic E-state index is 14.3. The molecule has 0 saturated carbocycles. The number of carbonyl (C=O) groups is 2. The number of esters is 1. The first-order chi connectivity index (χ1) is 14.1. The van der Waals surface area contributed by atoms with Gasteiger partial charge in [-0.1, -0.05) is 92.6 Å². The van der Waals surface area contributed by atoms with Gasteiger partial charge in [-0.25, -0.2) is 4.79 Å². The molecule has 3 nitrogen and oxygen atoms in total. The summed E-state index contributed by atoms with van der Waals surface area (Å²) in [5, 5.41) is 0. The second kappa shape index (κ2) is 7.72. The summed E-state index contributed by atoms with van der Waals surface area (Å²) in [6.07, 6.45) is 0. The zero-order valence-electron chi connectivity index (χ0n) is 22.0. The topological polar surface area (TPSA) is 43.4 Å². The molecule has 0 radical (unpaired) electrons. The SMILES string of the molecule is CC(C)(C)OC(=O)C(=O)C1(c2ccccc2)C(C(C)(C)C)=C(C(C)(C)C)C1(Cl)C(C)(C)C. The maximum Gasteiger partial charge on any atom is 0.376 e. The van der Waals surface area contributed by atoms with Crippen LogP contribution in [0.25, 0.3) is 0 Å². The Morgan fingerprint density at radius 1 is 0.750 bits per heavy atom. The first-order valence-electron chi connectivity index (χ1n) is 11.4. The number of allylic oxidation sites excluding steroid dienone is 2. The molecule has 1 aliphatic rings. The largest absolute Gasteiger partial charge is 0.454 e. The third-order valence-electron chi connectivity index (χ3n) is 6.15. The van der Waals surface area contributed by atoms with Crippen molar-refractivity contribution < 1.29 is 14.3 Å². The maximum atomic E-state index is 14.3. The van der Waals surface area contributed by atoms with Crippen LogP contribution in [0.1, 0.15) is 88.6 Å². The molecule has 1 aliphatic carbocycles. The number of rotatable bonds is 3. The van der Waals surface area contributed by atoms with Gasteiger partial charge in [0.15, 0.2) is 0 Å². The normalized spacial score (nSPS) is 24.8. The summed E-state index contributed by atoms with van der Waals surface area (Å²) in [5.41, 5.74) is -0.667. The Morgan fingerprint density at radius 3 is 1.53 bits per heavy atom. The molecular formula is C28H41ClO3. The molecule has 0 spiro atoms. The molecule has 0 saturated heterocycles. The Labute approximate surface area is 200 Å². The zero-order chi connectivity index (χ0) is 25.1. The van der Waals surface area contributed by atoms with E-state index >= 15 is 0 Å². The van der Waals surface area contributed by atoms with E-state index < -0.39 is 38.5 Å². The molecule has 0 aromatic heterocycles. The lowest BCUT2D eigenvalue weighted by atomic mass is 9.38. The highest BCUT2D eigenvalue weighted by Crippen LogP contribution is 2.73. The fourth-order valence-electron chi connectivity index (χ4n) is 5.33. The van der Waals surface area contributed by atoms with Gasteiger partial charge < -0.3 is 4.74 Å². The molecule has 1 aromatic carbocycles. The molecule has 0 fully saturated rings. The molecule has 0 amide bonds. The zero-order valence-corrected chi connectivity index (χ0v) is 22.7. The molecule has 0 heterocycles. The van der Waals surface area contributed by atoms with Crippen LogP contribution in [-0.4, -0.2) is 22.2 Å². The van der Waals surface area contributed by atoms with Crippen molar-refractivity contribution in [3.05, 3.63) is 47.0 Å². The van der Waals surface area contributed by atoms with Crippen molar-refractivity contribution in [3.8, 4) is 0 Å². The Hall–Kier alpha value is -1.61. The predicted octanol–water partition coefficient (Wildman–Crippen LogP) is 7.26. The van der Waals surface area contributed by atoms with Crippen molar-refractivity contribution in [2.45, 2.75) is 99.0 Å². The first-order valence-corrected chi connectivity index (χ1v) is 11.8. The van der Waals surface area contributed by atoms with Gasteiger partial charge in [-0.15, -0.1) is 11.6 Å². The number of halogens is 1. The Balaban J connectivity index is 3.10. The molecule has 0 bridgehead atoms. The van der Waals surface area contributed by atoms with Gasteiger partial charge in [0.05, 0.1) is 4.87 Å². The van der Waals surface area contributed by atoms with Crippen LogP contribution in [0.5, 0.6) is 0 Å². The average Bonchev–Trinajstić information content (AvgIpc) is 2.55. The summed E-state index contributed by atoms with van der Waals surface area (Å²) in [5.74, 6) is -1.44. The molecule has 4 heteroatoms. The highest BCUT2D eigenvalue weighted by molar-refractivity contribution is 6.44. The van der Waals surface area contributed by atoms with Crippen LogP contribution >= 0.6 is 11.6 Å². The van der Waals surface area contributed by atoms with Gasteiger partial charge in [-0.3, -0.25) is 4.79 Å². The predicted molar refractivity (Wildman–Crippen MR) is 133 cm³/mol. The number of ether oxygens (including phenoxy) is 1. The molecule has 1 aromatic rings. The Bertz CT molecular complexity index is 930. The summed E-state index contributed by atoms with van der Waals surface area (Å²) in [7, 11) is 0. The van der Waals surface area contributed by atoms with Crippen LogP contribution in [0.2, 0.25) is 0 Å². The molecule has 2 rings (SSSR count). The highest BCUT2D eigenvalue weighted by Gasteiger charge is 2.76. The second-order valence-electron chi connectivity index (χ2n) is 13.1. The van der Waals surface area contributed by atoms with E-state index in [1.165, 1.54) is 0 Å². The molecule has 32 heavy (non-hydrogen) atoms. The number of alkyl halides is 1. The van der Waals surface area contributed by atoms with Gasteiger partial charge in [-0.2, -0.15) is 0 Å². The monoisotopic (exact) mass is 460 g/mol. The van der Waals surface area contributed by atoms with Crippen molar-refractivity contribution in [1.29, 1.82) is 0 Å².